The molecule has 0 amide bonds. The van der Waals surface area contributed by atoms with Gasteiger partial charge in [0.25, 0.3) is 0 Å². The number of carbonyl (C=O) groups is 1. The van der Waals surface area contributed by atoms with Crippen LogP contribution in [0, 0.1) is 0 Å². The summed E-state index contributed by atoms with van der Waals surface area (Å²) in [5.41, 5.74) is -1.00. The van der Waals surface area contributed by atoms with E-state index in [-0.39, 0.29) is 22.4 Å². The molecule has 0 aliphatic rings. The number of aromatic nitrogens is 3. The zero-order valence-corrected chi connectivity index (χ0v) is 11.3. The van der Waals surface area contributed by atoms with Crippen molar-refractivity contribution in [2.75, 3.05) is 0 Å². The van der Waals surface area contributed by atoms with Crippen LogP contribution in [0.25, 0.3) is 5.13 Å². The maximum Gasteiger partial charge on any atom is 0.433 e. The first kappa shape index (κ1) is 14.5. The van der Waals surface area contributed by atoms with Gasteiger partial charge in [-0.3, -0.25) is 0 Å². The molecule has 0 radical (unpaired) electrons. The fourth-order valence-electron chi connectivity index (χ4n) is 1.49. The fourth-order valence-corrected chi connectivity index (χ4v) is 2.25. The second-order valence-electron chi connectivity index (χ2n) is 4.34. The highest BCUT2D eigenvalue weighted by molar-refractivity contribution is 7.12. The Morgan fingerprint density at radius 2 is 2.10 bits per heavy atom. The number of rotatable bonds is 3. The van der Waals surface area contributed by atoms with Gasteiger partial charge in [0, 0.05) is 5.38 Å². The highest BCUT2D eigenvalue weighted by Gasteiger charge is 2.37. The van der Waals surface area contributed by atoms with Crippen LogP contribution >= 0.6 is 11.3 Å². The van der Waals surface area contributed by atoms with E-state index in [4.69, 9.17) is 5.11 Å². The number of alkyl halides is 3. The maximum absolute atomic E-state index is 13.0. The van der Waals surface area contributed by atoms with Gasteiger partial charge in [0.05, 0.1) is 5.69 Å². The summed E-state index contributed by atoms with van der Waals surface area (Å²) in [6.45, 7) is 3.44. The van der Waals surface area contributed by atoms with Gasteiger partial charge >= 0.3 is 12.1 Å². The molecule has 0 unspecified atom stereocenters. The van der Waals surface area contributed by atoms with E-state index in [0.29, 0.717) is 4.68 Å². The molecule has 0 aliphatic carbocycles. The van der Waals surface area contributed by atoms with Crippen molar-refractivity contribution in [1.29, 1.82) is 0 Å². The van der Waals surface area contributed by atoms with E-state index in [9.17, 15) is 18.0 Å². The first-order chi connectivity index (χ1) is 9.20. The van der Waals surface area contributed by atoms with E-state index >= 15 is 0 Å². The van der Waals surface area contributed by atoms with Crippen molar-refractivity contribution >= 4 is 17.3 Å². The van der Waals surface area contributed by atoms with Crippen LogP contribution in [0.1, 0.15) is 41.6 Å². The van der Waals surface area contributed by atoms with Gasteiger partial charge in [0.2, 0.25) is 5.13 Å². The fraction of sp³-hybridized carbons (Fsp3) is 0.364. The van der Waals surface area contributed by atoms with E-state index in [2.05, 4.69) is 10.1 Å². The third-order valence-electron chi connectivity index (χ3n) is 2.50. The summed E-state index contributed by atoms with van der Waals surface area (Å²) in [5.74, 6) is -1.48. The number of thiazole rings is 1. The highest BCUT2D eigenvalue weighted by atomic mass is 32.1. The second-order valence-corrected chi connectivity index (χ2v) is 5.18. The van der Waals surface area contributed by atoms with Crippen molar-refractivity contribution in [2.45, 2.75) is 25.9 Å². The van der Waals surface area contributed by atoms with Gasteiger partial charge in [0.1, 0.15) is 0 Å². The van der Waals surface area contributed by atoms with Gasteiger partial charge in [-0.05, 0) is 12.0 Å². The van der Waals surface area contributed by atoms with Crippen LogP contribution in [0.5, 0.6) is 0 Å². The highest BCUT2D eigenvalue weighted by Crippen LogP contribution is 2.33. The lowest BCUT2D eigenvalue weighted by molar-refractivity contribution is -0.142. The summed E-state index contributed by atoms with van der Waals surface area (Å²) >= 11 is 0.795. The summed E-state index contributed by atoms with van der Waals surface area (Å²) in [5, 5.41) is 13.7. The molecular formula is C11H10F3N3O2S. The predicted molar refractivity (Wildman–Crippen MR) is 65.3 cm³/mol. The number of carboxylic acid groups (broad SMARTS) is 1. The molecule has 9 heteroatoms. The zero-order valence-electron chi connectivity index (χ0n) is 10.5. The zero-order chi connectivity index (χ0) is 15.1. The van der Waals surface area contributed by atoms with Gasteiger partial charge in [-0.15, -0.1) is 11.3 Å². The number of hydrogen-bond acceptors (Lipinski definition) is 4. The first-order valence-corrected chi connectivity index (χ1v) is 6.44. The molecule has 2 aromatic heterocycles. The van der Waals surface area contributed by atoms with E-state index in [1.165, 1.54) is 5.38 Å². The Balaban J connectivity index is 2.56. The molecule has 0 aromatic carbocycles. The molecule has 0 fully saturated rings. The van der Waals surface area contributed by atoms with Gasteiger partial charge in [-0.1, -0.05) is 13.8 Å². The number of carboxylic acids is 1. The molecule has 2 heterocycles. The molecule has 5 nitrogen and oxygen atoms in total. The predicted octanol–water partition coefficient (Wildman–Crippen LogP) is 3.17. The first-order valence-electron chi connectivity index (χ1n) is 5.56. The molecule has 2 aromatic rings. The van der Waals surface area contributed by atoms with Gasteiger partial charge < -0.3 is 5.11 Å². The summed E-state index contributed by atoms with van der Waals surface area (Å²) in [6, 6.07) is 0.951. The van der Waals surface area contributed by atoms with Crippen LogP contribution in [0.4, 0.5) is 13.2 Å². The molecule has 0 aliphatic heterocycles. The maximum atomic E-state index is 13.0. The molecule has 108 valence electrons. The summed E-state index contributed by atoms with van der Waals surface area (Å²) in [7, 11) is 0. The average Bonchev–Trinajstić information content (AvgIpc) is 2.94. The second kappa shape index (κ2) is 4.89. The van der Waals surface area contributed by atoms with Crippen LogP contribution in [0.3, 0.4) is 0 Å². The molecular weight excluding hydrogens is 295 g/mol. The van der Waals surface area contributed by atoms with Crippen LogP contribution in [0.2, 0.25) is 0 Å². The minimum absolute atomic E-state index is 0.123. The summed E-state index contributed by atoms with van der Waals surface area (Å²) in [6.07, 6.45) is -4.59. The molecule has 0 saturated carbocycles. The van der Waals surface area contributed by atoms with Crippen LogP contribution in [-0.4, -0.2) is 25.8 Å². The van der Waals surface area contributed by atoms with Crippen molar-refractivity contribution in [3.63, 3.8) is 0 Å². The largest absolute Gasteiger partial charge is 0.476 e. The number of nitrogens with zero attached hydrogens (tertiary/aromatic N) is 3. The Morgan fingerprint density at radius 1 is 1.45 bits per heavy atom. The minimum Gasteiger partial charge on any atom is -0.476 e. The number of aromatic carboxylic acids is 1. The van der Waals surface area contributed by atoms with Gasteiger partial charge in [-0.25, -0.2) is 14.5 Å². The molecule has 0 bridgehead atoms. The van der Waals surface area contributed by atoms with Crippen molar-refractivity contribution in [2.24, 2.45) is 0 Å². The third-order valence-corrected chi connectivity index (χ3v) is 3.32. The van der Waals surface area contributed by atoms with Gasteiger partial charge in [0.15, 0.2) is 11.4 Å². The van der Waals surface area contributed by atoms with Crippen LogP contribution in [0.15, 0.2) is 11.4 Å². The van der Waals surface area contributed by atoms with Crippen molar-refractivity contribution < 1.29 is 23.1 Å². The van der Waals surface area contributed by atoms with E-state index in [0.717, 1.165) is 17.4 Å². The van der Waals surface area contributed by atoms with Crippen molar-refractivity contribution in [1.82, 2.24) is 14.8 Å². The molecule has 0 spiro atoms. The molecule has 1 N–H and O–H groups in total. The van der Waals surface area contributed by atoms with Crippen molar-refractivity contribution in [3.8, 4) is 5.13 Å². The van der Waals surface area contributed by atoms with Crippen LogP contribution < -0.4 is 0 Å². The monoisotopic (exact) mass is 305 g/mol. The van der Waals surface area contributed by atoms with E-state index in [1.54, 1.807) is 13.8 Å². The van der Waals surface area contributed by atoms with Crippen LogP contribution in [-0.2, 0) is 6.18 Å². The van der Waals surface area contributed by atoms with Gasteiger partial charge in [-0.2, -0.15) is 18.3 Å². The Bertz CT molecular complexity index is 646. The Hall–Kier alpha value is -1.90. The molecule has 2 rings (SSSR count). The third kappa shape index (κ3) is 2.67. The van der Waals surface area contributed by atoms with E-state index in [1.807, 2.05) is 0 Å². The number of halogens is 3. The molecule has 0 saturated heterocycles. The quantitative estimate of drug-likeness (QED) is 0.945. The molecule has 20 heavy (non-hydrogen) atoms. The summed E-state index contributed by atoms with van der Waals surface area (Å²) < 4.78 is 39.6. The smallest absolute Gasteiger partial charge is 0.433 e. The lowest BCUT2D eigenvalue weighted by Gasteiger charge is -2.06. The molecule has 0 atom stereocenters. The lowest BCUT2D eigenvalue weighted by atomic mass is 10.1. The average molecular weight is 305 g/mol. The lowest BCUT2D eigenvalue weighted by Crippen LogP contribution is -2.13. The summed E-state index contributed by atoms with van der Waals surface area (Å²) in [4.78, 5) is 14.4. The Labute approximate surface area is 115 Å². The SMILES string of the molecule is CC(C)c1cc(C(F)(F)F)n(-c2nc(C(=O)O)cs2)n1. The standard InChI is InChI=1S/C11H10F3N3O2S/c1-5(2)6-3-8(11(12,13)14)17(16-6)10-15-7(4-20-10)9(18)19/h3-5H,1-2H3,(H,18,19). The topological polar surface area (TPSA) is 68.0 Å². The van der Waals surface area contributed by atoms with Crippen molar-refractivity contribution in [3.05, 3.63) is 28.5 Å². The Kier molecular flexibility index (Phi) is 3.55. The Morgan fingerprint density at radius 3 is 2.55 bits per heavy atom. The minimum atomic E-state index is -4.59. The number of hydrogen-bond donors (Lipinski definition) is 1. The van der Waals surface area contributed by atoms with E-state index < -0.39 is 17.8 Å². The normalized spacial score (nSPS) is 12.1.